The van der Waals surface area contributed by atoms with E-state index in [9.17, 15) is 53.9 Å². The Morgan fingerprint density at radius 3 is 2.14 bits per heavy atom. The van der Waals surface area contributed by atoms with Crippen LogP contribution in [0.4, 0.5) is 39.5 Å². The number of amides is 3. The molecule has 226 valence electrons. The summed E-state index contributed by atoms with van der Waals surface area (Å²) < 4.78 is 121. The maximum Gasteiger partial charge on any atom is 0.435 e. The molecule has 7 nitrogen and oxygen atoms in total. The van der Waals surface area contributed by atoms with Gasteiger partial charge in [-0.3, -0.25) is 19.3 Å². The van der Waals surface area contributed by atoms with Crippen LogP contribution in [0.5, 0.6) is 0 Å². The molecule has 0 aliphatic carbocycles. The second-order valence-corrected chi connectivity index (χ2v) is 9.97. The Hall–Kier alpha value is -3.82. The third-order valence-corrected chi connectivity index (χ3v) is 6.78. The standard InChI is InChI=1S/C25H17ClF9N3O4/c1-12-2-3-13(4-17(12)21(41)37-9-19(39)38(20(40)10-37)11-23(27,28)29)18-8-22(42-36-18,25(33,34)35)14-5-15(24(30,31)32)7-16(26)6-14/h2-7H,8-11H2,1H3. The first-order chi connectivity index (χ1) is 19.2. The number of nitrogens with zero attached hydrogens (tertiary/aromatic N) is 3. The summed E-state index contributed by atoms with van der Waals surface area (Å²) in [6.45, 7) is -2.17. The van der Waals surface area contributed by atoms with E-state index in [1.165, 1.54) is 19.1 Å². The van der Waals surface area contributed by atoms with Crippen molar-refractivity contribution in [2.24, 2.45) is 5.16 Å². The van der Waals surface area contributed by atoms with Gasteiger partial charge >= 0.3 is 18.5 Å². The van der Waals surface area contributed by atoms with Crippen molar-refractivity contribution in [3.63, 3.8) is 0 Å². The number of rotatable bonds is 4. The molecule has 2 aliphatic heterocycles. The molecule has 0 spiro atoms. The van der Waals surface area contributed by atoms with Crippen LogP contribution in [-0.4, -0.2) is 65.2 Å². The lowest BCUT2D eigenvalue weighted by molar-refractivity contribution is -0.276. The van der Waals surface area contributed by atoms with Crippen LogP contribution < -0.4 is 0 Å². The summed E-state index contributed by atoms with van der Waals surface area (Å²) >= 11 is 5.70. The van der Waals surface area contributed by atoms with Crippen molar-refractivity contribution in [2.75, 3.05) is 19.6 Å². The number of carbonyl (C=O) groups excluding carboxylic acids is 3. The zero-order chi connectivity index (χ0) is 31.4. The summed E-state index contributed by atoms with van der Waals surface area (Å²) in [5, 5.41) is 2.82. The van der Waals surface area contributed by atoms with Crippen molar-refractivity contribution < 1.29 is 58.7 Å². The zero-order valence-corrected chi connectivity index (χ0v) is 21.8. The monoisotopic (exact) mass is 629 g/mol. The molecule has 3 amide bonds. The van der Waals surface area contributed by atoms with Crippen LogP contribution in [0.15, 0.2) is 41.6 Å². The predicted molar refractivity (Wildman–Crippen MR) is 126 cm³/mol. The summed E-state index contributed by atoms with van der Waals surface area (Å²) in [5.74, 6) is -3.54. The quantitative estimate of drug-likeness (QED) is 0.325. The van der Waals surface area contributed by atoms with Crippen LogP contribution in [0.2, 0.25) is 5.02 Å². The summed E-state index contributed by atoms with van der Waals surface area (Å²) in [6, 6.07) is 4.99. The number of piperazine rings is 1. The van der Waals surface area contributed by atoms with Crippen molar-refractivity contribution in [3.8, 4) is 0 Å². The minimum atomic E-state index is -5.29. The molecule has 2 heterocycles. The lowest BCUT2D eigenvalue weighted by Gasteiger charge is -2.33. The van der Waals surface area contributed by atoms with E-state index in [4.69, 9.17) is 16.4 Å². The molecule has 0 bridgehead atoms. The smallest absolute Gasteiger partial charge is 0.374 e. The Kier molecular flexibility index (Phi) is 7.76. The van der Waals surface area contributed by atoms with Gasteiger partial charge in [0, 0.05) is 28.1 Å². The van der Waals surface area contributed by atoms with Crippen molar-refractivity contribution in [1.29, 1.82) is 0 Å². The highest BCUT2D eigenvalue weighted by atomic mass is 35.5. The number of halogens is 10. The maximum absolute atomic E-state index is 14.4. The number of imide groups is 1. The third kappa shape index (κ3) is 6.03. The fourth-order valence-electron chi connectivity index (χ4n) is 4.44. The maximum atomic E-state index is 14.4. The van der Waals surface area contributed by atoms with Crippen LogP contribution in [-0.2, 0) is 26.2 Å². The Balaban J connectivity index is 1.63. The Bertz CT molecular complexity index is 1470. The highest BCUT2D eigenvalue weighted by Crippen LogP contribution is 2.50. The molecule has 42 heavy (non-hydrogen) atoms. The molecule has 17 heteroatoms. The first kappa shape index (κ1) is 31.1. The van der Waals surface area contributed by atoms with E-state index in [1.54, 1.807) is 0 Å². The van der Waals surface area contributed by atoms with Gasteiger partial charge in [-0.1, -0.05) is 28.9 Å². The first-order valence-electron chi connectivity index (χ1n) is 11.7. The van der Waals surface area contributed by atoms with Gasteiger partial charge in [-0.25, -0.2) is 0 Å². The van der Waals surface area contributed by atoms with Crippen LogP contribution >= 0.6 is 11.6 Å². The van der Waals surface area contributed by atoms with E-state index >= 15 is 0 Å². The molecule has 4 rings (SSSR count). The van der Waals surface area contributed by atoms with Gasteiger partial charge in [-0.15, -0.1) is 0 Å². The molecule has 2 aliphatic rings. The number of hydrogen-bond acceptors (Lipinski definition) is 5. The molecule has 1 atom stereocenters. The van der Waals surface area contributed by atoms with Crippen LogP contribution in [0.3, 0.4) is 0 Å². The predicted octanol–water partition coefficient (Wildman–Crippen LogP) is 5.62. The van der Waals surface area contributed by atoms with Gasteiger partial charge in [0.1, 0.15) is 19.6 Å². The van der Waals surface area contributed by atoms with E-state index in [0.29, 0.717) is 17.0 Å². The number of hydrogen-bond donors (Lipinski definition) is 0. The fraction of sp³-hybridized carbons (Fsp3) is 0.360. The SMILES string of the molecule is Cc1ccc(C2=NOC(c3cc(Cl)cc(C(F)(F)F)c3)(C(F)(F)F)C2)cc1C(=O)N1CC(=O)N(CC(F)(F)F)C(=O)C1. The zero-order valence-electron chi connectivity index (χ0n) is 21.0. The summed E-state index contributed by atoms with van der Waals surface area (Å²) in [6.07, 6.45) is -16.3. The average molecular weight is 630 g/mol. The molecular weight excluding hydrogens is 613 g/mol. The number of aryl methyl sites for hydroxylation is 1. The second kappa shape index (κ2) is 10.5. The molecule has 1 fully saturated rings. The second-order valence-electron chi connectivity index (χ2n) is 9.54. The molecule has 0 N–H and O–H groups in total. The van der Waals surface area contributed by atoms with Gasteiger partial charge in [-0.05, 0) is 36.8 Å². The van der Waals surface area contributed by atoms with Crippen LogP contribution in [0.1, 0.15) is 39.0 Å². The molecular formula is C25H17ClF9N3O4. The van der Waals surface area contributed by atoms with E-state index in [-0.39, 0.29) is 27.7 Å². The van der Waals surface area contributed by atoms with Crippen molar-refractivity contribution in [1.82, 2.24) is 9.80 Å². The summed E-state index contributed by atoms with van der Waals surface area (Å²) in [4.78, 5) is 42.9. The lowest BCUT2D eigenvalue weighted by Crippen LogP contribution is -2.57. The van der Waals surface area contributed by atoms with Crippen molar-refractivity contribution in [3.05, 3.63) is 69.2 Å². The van der Waals surface area contributed by atoms with Gasteiger partial charge in [0.2, 0.25) is 11.8 Å². The van der Waals surface area contributed by atoms with E-state index in [0.717, 1.165) is 6.07 Å². The minimum Gasteiger partial charge on any atom is -0.374 e. The van der Waals surface area contributed by atoms with Crippen molar-refractivity contribution >= 4 is 35.0 Å². The lowest BCUT2D eigenvalue weighted by atomic mass is 9.85. The third-order valence-electron chi connectivity index (χ3n) is 6.56. The van der Waals surface area contributed by atoms with Crippen LogP contribution in [0, 0.1) is 6.92 Å². The molecule has 2 aromatic rings. The van der Waals surface area contributed by atoms with E-state index in [2.05, 4.69) is 5.16 Å². The normalized spacial score (nSPS) is 20.1. The highest BCUT2D eigenvalue weighted by Gasteiger charge is 2.62. The number of oxime groups is 1. The van der Waals surface area contributed by atoms with E-state index < -0.39 is 89.8 Å². The molecule has 0 aromatic heterocycles. The first-order valence-corrected chi connectivity index (χ1v) is 12.1. The van der Waals surface area contributed by atoms with Gasteiger partial charge < -0.3 is 9.74 Å². The topological polar surface area (TPSA) is 79.3 Å². The highest BCUT2D eigenvalue weighted by molar-refractivity contribution is 6.30. The Morgan fingerprint density at radius 1 is 0.976 bits per heavy atom. The van der Waals surface area contributed by atoms with Gasteiger partial charge in [0.05, 0.1) is 11.3 Å². The fourth-order valence-corrected chi connectivity index (χ4v) is 4.67. The molecule has 0 radical (unpaired) electrons. The van der Waals surface area contributed by atoms with E-state index in [1.807, 2.05) is 0 Å². The number of alkyl halides is 9. The number of benzene rings is 2. The van der Waals surface area contributed by atoms with Crippen LogP contribution in [0.25, 0.3) is 0 Å². The molecule has 1 saturated heterocycles. The molecule has 2 aromatic carbocycles. The molecule has 0 saturated carbocycles. The summed E-state index contributed by atoms with van der Waals surface area (Å²) in [7, 11) is 0. The minimum absolute atomic E-state index is 0.0333. The largest absolute Gasteiger partial charge is 0.435 e. The van der Waals surface area contributed by atoms with Gasteiger partial charge in [0.25, 0.3) is 11.5 Å². The summed E-state index contributed by atoms with van der Waals surface area (Å²) in [5.41, 5.74) is -6.28. The average Bonchev–Trinajstić information content (AvgIpc) is 3.32. The van der Waals surface area contributed by atoms with Crippen molar-refractivity contribution in [2.45, 2.75) is 37.5 Å². The van der Waals surface area contributed by atoms with Gasteiger partial charge in [-0.2, -0.15) is 39.5 Å². The Labute approximate surface area is 235 Å². The Morgan fingerprint density at radius 2 is 1.60 bits per heavy atom. The molecule has 1 unspecified atom stereocenters. The van der Waals surface area contributed by atoms with Gasteiger partial charge in [0.15, 0.2) is 0 Å². The number of carbonyl (C=O) groups is 3.